The Morgan fingerprint density at radius 2 is 1.92 bits per heavy atom. The number of rotatable bonds is 3. The first-order valence-electron chi connectivity index (χ1n) is 9.66. The molecule has 0 aromatic heterocycles. The Balaban J connectivity index is 1.21. The van der Waals surface area contributed by atoms with Crippen LogP contribution in [-0.4, -0.2) is 78.3 Å². The first-order chi connectivity index (χ1) is 12.2. The number of carbonyl (C=O) groups is 1. The first-order valence-corrected chi connectivity index (χ1v) is 9.66. The molecule has 2 aliphatic carbocycles. The predicted octanol–water partition coefficient (Wildman–Crippen LogP) is 2.55. The molecule has 5 nitrogen and oxygen atoms in total. The van der Waals surface area contributed by atoms with Crippen LogP contribution in [0, 0.1) is 0 Å². The zero-order valence-corrected chi connectivity index (χ0v) is 14.8. The smallest absolute Gasteiger partial charge is 0.320 e. The second-order valence-electron chi connectivity index (χ2n) is 7.61. The zero-order valence-electron chi connectivity index (χ0n) is 14.8. The fraction of sp³-hybridized carbons (Fsp3) is 0.737. The summed E-state index contributed by atoms with van der Waals surface area (Å²) >= 11 is 0. The number of amides is 2. The number of alkyl halides is 1. The number of halogens is 1. The van der Waals surface area contributed by atoms with Gasteiger partial charge in [-0.05, 0) is 37.5 Å². The Kier molecular flexibility index (Phi) is 4.97. The summed E-state index contributed by atoms with van der Waals surface area (Å²) in [5, 5.41) is 0. The van der Waals surface area contributed by atoms with E-state index < -0.39 is 6.17 Å². The maximum Gasteiger partial charge on any atom is 0.320 e. The summed E-state index contributed by atoms with van der Waals surface area (Å²) in [5.41, 5.74) is 0. The molecule has 0 spiro atoms. The summed E-state index contributed by atoms with van der Waals surface area (Å²) in [6, 6.07) is 0.907. The quantitative estimate of drug-likeness (QED) is 0.786. The van der Waals surface area contributed by atoms with E-state index in [9.17, 15) is 9.18 Å². The molecule has 3 fully saturated rings. The van der Waals surface area contributed by atoms with Crippen LogP contribution in [0.5, 0.6) is 0 Å². The Hall–Kier alpha value is -1.56. The van der Waals surface area contributed by atoms with Gasteiger partial charge in [-0.3, -0.25) is 4.90 Å². The van der Waals surface area contributed by atoms with Crippen molar-refractivity contribution < 1.29 is 13.9 Å². The first kappa shape index (κ1) is 16.9. The fourth-order valence-electron chi connectivity index (χ4n) is 3.97. The molecule has 4 rings (SSSR count). The average Bonchev–Trinajstić information content (AvgIpc) is 2.76. The minimum Gasteiger partial charge on any atom is -0.487 e. The molecule has 0 N–H and O–H groups in total. The van der Waals surface area contributed by atoms with E-state index in [0.29, 0.717) is 19.5 Å². The van der Waals surface area contributed by atoms with Crippen LogP contribution in [0.1, 0.15) is 32.1 Å². The Morgan fingerprint density at radius 3 is 2.60 bits per heavy atom. The van der Waals surface area contributed by atoms with Crippen LogP contribution in [0.25, 0.3) is 0 Å². The van der Waals surface area contributed by atoms with Gasteiger partial charge < -0.3 is 14.5 Å². The van der Waals surface area contributed by atoms with Gasteiger partial charge in [0.15, 0.2) is 0 Å². The lowest BCUT2D eigenvalue weighted by Crippen LogP contribution is -2.58. The second-order valence-corrected chi connectivity index (χ2v) is 7.61. The van der Waals surface area contributed by atoms with Crippen LogP contribution in [0.4, 0.5) is 9.18 Å². The maximum atomic E-state index is 13.1. The summed E-state index contributed by atoms with van der Waals surface area (Å²) in [4.78, 5) is 19.1. The number of urea groups is 1. The van der Waals surface area contributed by atoms with Gasteiger partial charge in [0.05, 0.1) is 13.1 Å². The van der Waals surface area contributed by atoms with Gasteiger partial charge in [0.25, 0.3) is 0 Å². The molecule has 2 saturated heterocycles. The Morgan fingerprint density at radius 1 is 1.08 bits per heavy atom. The number of carbonyl (C=O) groups excluding carboxylic acids is 1. The lowest BCUT2D eigenvalue weighted by Gasteiger charge is -2.42. The van der Waals surface area contributed by atoms with Crippen molar-refractivity contribution in [2.45, 2.75) is 50.4 Å². The molecule has 1 atom stereocenters. The third kappa shape index (κ3) is 3.84. The van der Waals surface area contributed by atoms with Gasteiger partial charge in [0, 0.05) is 38.6 Å². The zero-order chi connectivity index (χ0) is 17.2. The molecular formula is C19H28FN3O2. The summed E-state index contributed by atoms with van der Waals surface area (Å²) in [6.07, 6.45) is 9.62. The van der Waals surface area contributed by atoms with Crippen LogP contribution in [0.15, 0.2) is 24.0 Å². The summed E-state index contributed by atoms with van der Waals surface area (Å²) in [5.74, 6) is 0.733. The van der Waals surface area contributed by atoms with Gasteiger partial charge in [-0.15, -0.1) is 0 Å². The minimum absolute atomic E-state index is 0.0365. The topological polar surface area (TPSA) is 36.0 Å². The molecule has 0 radical (unpaired) electrons. The summed E-state index contributed by atoms with van der Waals surface area (Å²) in [7, 11) is 0. The van der Waals surface area contributed by atoms with E-state index in [2.05, 4.69) is 4.90 Å². The van der Waals surface area contributed by atoms with Crippen molar-refractivity contribution in [1.29, 1.82) is 0 Å². The van der Waals surface area contributed by atoms with Gasteiger partial charge >= 0.3 is 6.03 Å². The van der Waals surface area contributed by atoms with E-state index in [1.807, 2.05) is 9.80 Å². The van der Waals surface area contributed by atoms with Crippen LogP contribution in [0.3, 0.4) is 0 Å². The molecule has 25 heavy (non-hydrogen) atoms. The summed E-state index contributed by atoms with van der Waals surface area (Å²) < 4.78 is 18.9. The SMILES string of the molecule is O=C(N1CCCN(C2CCC2)CC1)N1CC(OC2=CCC(F)C=C2)C1. The molecule has 0 aromatic rings. The van der Waals surface area contributed by atoms with Gasteiger partial charge in [-0.2, -0.15) is 0 Å². The third-order valence-corrected chi connectivity index (χ3v) is 5.83. The van der Waals surface area contributed by atoms with E-state index in [1.54, 1.807) is 12.2 Å². The highest BCUT2D eigenvalue weighted by Gasteiger charge is 2.36. The van der Waals surface area contributed by atoms with Gasteiger partial charge in [-0.25, -0.2) is 9.18 Å². The van der Waals surface area contributed by atoms with Crippen molar-refractivity contribution in [3.8, 4) is 0 Å². The monoisotopic (exact) mass is 349 g/mol. The molecule has 2 amide bonds. The van der Waals surface area contributed by atoms with Crippen LogP contribution in [-0.2, 0) is 4.74 Å². The summed E-state index contributed by atoms with van der Waals surface area (Å²) in [6.45, 7) is 5.08. The molecule has 4 aliphatic rings. The molecule has 6 heteroatoms. The van der Waals surface area contributed by atoms with Crippen molar-refractivity contribution in [3.63, 3.8) is 0 Å². The van der Waals surface area contributed by atoms with E-state index in [0.717, 1.165) is 44.4 Å². The van der Waals surface area contributed by atoms with Crippen molar-refractivity contribution in [2.24, 2.45) is 0 Å². The Bertz CT molecular complexity index is 555. The van der Waals surface area contributed by atoms with Crippen LogP contribution in [0.2, 0.25) is 0 Å². The number of hydrogen-bond donors (Lipinski definition) is 0. The van der Waals surface area contributed by atoms with Gasteiger partial charge in [0.1, 0.15) is 18.0 Å². The van der Waals surface area contributed by atoms with E-state index in [4.69, 9.17) is 4.74 Å². The van der Waals surface area contributed by atoms with Gasteiger partial charge in [0.2, 0.25) is 0 Å². The van der Waals surface area contributed by atoms with E-state index >= 15 is 0 Å². The Labute approximate surface area is 149 Å². The lowest BCUT2D eigenvalue weighted by molar-refractivity contribution is -0.00463. The molecule has 2 aliphatic heterocycles. The van der Waals surface area contributed by atoms with Crippen LogP contribution < -0.4 is 0 Å². The molecule has 1 unspecified atom stereocenters. The number of nitrogens with zero attached hydrogens (tertiary/aromatic N) is 3. The number of hydrogen-bond acceptors (Lipinski definition) is 3. The van der Waals surface area contributed by atoms with Crippen molar-refractivity contribution >= 4 is 6.03 Å². The average molecular weight is 349 g/mol. The highest BCUT2D eigenvalue weighted by Crippen LogP contribution is 2.26. The lowest BCUT2D eigenvalue weighted by atomic mass is 9.91. The third-order valence-electron chi connectivity index (χ3n) is 5.83. The van der Waals surface area contributed by atoms with Crippen molar-refractivity contribution in [1.82, 2.24) is 14.7 Å². The number of ether oxygens (including phenoxy) is 1. The van der Waals surface area contributed by atoms with E-state index in [1.165, 1.54) is 25.3 Å². The second kappa shape index (κ2) is 7.36. The molecule has 138 valence electrons. The van der Waals surface area contributed by atoms with Crippen LogP contribution >= 0.6 is 0 Å². The molecule has 1 saturated carbocycles. The minimum atomic E-state index is -0.894. The number of allylic oxidation sites excluding steroid dienone is 3. The normalized spacial score (nSPS) is 28.8. The maximum absolute atomic E-state index is 13.1. The fourth-order valence-corrected chi connectivity index (χ4v) is 3.97. The van der Waals surface area contributed by atoms with Crippen molar-refractivity contribution in [2.75, 3.05) is 39.3 Å². The van der Waals surface area contributed by atoms with E-state index in [-0.39, 0.29) is 12.1 Å². The molecular weight excluding hydrogens is 321 g/mol. The largest absolute Gasteiger partial charge is 0.487 e. The standard InChI is InChI=1S/C19H28FN3O2/c20-15-5-7-17(8-6-15)25-18-13-23(14-18)19(24)22-10-2-9-21(11-12-22)16-3-1-4-16/h5,7-8,15-16,18H,1-4,6,9-14H2. The molecule has 2 heterocycles. The predicted molar refractivity (Wildman–Crippen MR) is 94.0 cm³/mol. The highest BCUT2D eigenvalue weighted by atomic mass is 19.1. The number of likely N-dealkylation sites (tertiary alicyclic amines) is 1. The highest BCUT2D eigenvalue weighted by molar-refractivity contribution is 5.75. The molecule has 0 aromatic carbocycles. The van der Waals surface area contributed by atoms with Gasteiger partial charge in [-0.1, -0.05) is 6.42 Å². The van der Waals surface area contributed by atoms with Crippen molar-refractivity contribution in [3.05, 3.63) is 24.0 Å². The molecule has 0 bridgehead atoms.